The van der Waals surface area contributed by atoms with Gasteiger partial charge in [-0.3, -0.25) is 0 Å². The normalized spacial score (nSPS) is 11.8. The Kier molecular flexibility index (Phi) is 3.92. The Balaban J connectivity index is 2.01. The molecule has 0 spiro atoms. The molecule has 0 bridgehead atoms. The van der Waals surface area contributed by atoms with Crippen molar-refractivity contribution in [1.82, 2.24) is 0 Å². The van der Waals surface area contributed by atoms with Gasteiger partial charge in [0.2, 0.25) is 0 Å². The SMILES string of the molecule is N#Cc1cc(NCC(O)c2cccs2)ccc1F. The average molecular weight is 262 g/mol. The lowest BCUT2D eigenvalue weighted by Crippen LogP contribution is -2.11. The van der Waals surface area contributed by atoms with E-state index in [1.54, 1.807) is 6.07 Å². The molecule has 92 valence electrons. The van der Waals surface area contributed by atoms with E-state index in [0.29, 0.717) is 12.2 Å². The number of nitrogens with zero attached hydrogens (tertiary/aromatic N) is 1. The zero-order valence-electron chi connectivity index (χ0n) is 9.43. The van der Waals surface area contributed by atoms with E-state index in [-0.39, 0.29) is 5.56 Å². The average Bonchev–Trinajstić information content (AvgIpc) is 2.91. The second-order valence-corrected chi connectivity index (χ2v) is 4.70. The molecule has 1 atom stereocenters. The molecule has 1 unspecified atom stereocenters. The van der Waals surface area contributed by atoms with Crippen LogP contribution in [-0.2, 0) is 0 Å². The lowest BCUT2D eigenvalue weighted by atomic mass is 10.2. The monoisotopic (exact) mass is 262 g/mol. The van der Waals surface area contributed by atoms with Crippen LogP contribution in [0.15, 0.2) is 35.7 Å². The first-order valence-electron chi connectivity index (χ1n) is 5.35. The molecule has 18 heavy (non-hydrogen) atoms. The van der Waals surface area contributed by atoms with Crippen molar-refractivity contribution in [3.8, 4) is 6.07 Å². The van der Waals surface area contributed by atoms with Crippen LogP contribution in [0.1, 0.15) is 16.5 Å². The number of anilines is 1. The van der Waals surface area contributed by atoms with Gasteiger partial charge < -0.3 is 10.4 Å². The van der Waals surface area contributed by atoms with Crippen LogP contribution in [0.5, 0.6) is 0 Å². The van der Waals surface area contributed by atoms with Gasteiger partial charge in [-0.25, -0.2) is 4.39 Å². The summed E-state index contributed by atoms with van der Waals surface area (Å²) in [4.78, 5) is 0.866. The van der Waals surface area contributed by atoms with E-state index in [1.807, 2.05) is 17.5 Å². The van der Waals surface area contributed by atoms with Crippen molar-refractivity contribution in [2.24, 2.45) is 0 Å². The summed E-state index contributed by atoms with van der Waals surface area (Å²) in [7, 11) is 0. The smallest absolute Gasteiger partial charge is 0.141 e. The third-order valence-electron chi connectivity index (χ3n) is 2.46. The maximum Gasteiger partial charge on any atom is 0.141 e. The van der Waals surface area contributed by atoms with Gasteiger partial charge >= 0.3 is 0 Å². The van der Waals surface area contributed by atoms with Gasteiger partial charge in [0.15, 0.2) is 0 Å². The number of halogens is 1. The van der Waals surface area contributed by atoms with Gasteiger partial charge in [-0.15, -0.1) is 11.3 Å². The molecule has 5 heteroatoms. The molecule has 0 aliphatic heterocycles. The number of aliphatic hydroxyl groups excluding tert-OH is 1. The van der Waals surface area contributed by atoms with Gasteiger partial charge in [-0.05, 0) is 29.6 Å². The van der Waals surface area contributed by atoms with E-state index < -0.39 is 11.9 Å². The van der Waals surface area contributed by atoms with E-state index in [9.17, 15) is 9.50 Å². The number of thiophene rings is 1. The fraction of sp³-hybridized carbons (Fsp3) is 0.154. The van der Waals surface area contributed by atoms with Crippen molar-refractivity contribution < 1.29 is 9.50 Å². The van der Waals surface area contributed by atoms with Crippen LogP contribution < -0.4 is 5.32 Å². The first kappa shape index (κ1) is 12.6. The van der Waals surface area contributed by atoms with E-state index in [0.717, 1.165) is 4.88 Å². The summed E-state index contributed by atoms with van der Waals surface area (Å²) in [6.45, 7) is 0.316. The lowest BCUT2D eigenvalue weighted by molar-refractivity contribution is 0.195. The predicted octanol–water partition coefficient (Wildman–Crippen LogP) is 2.90. The molecule has 0 saturated heterocycles. The number of benzene rings is 1. The highest BCUT2D eigenvalue weighted by atomic mass is 32.1. The Bertz CT molecular complexity index is 563. The van der Waals surface area contributed by atoms with Gasteiger partial charge in [-0.2, -0.15) is 5.26 Å². The molecule has 0 aliphatic rings. The molecule has 1 aromatic carbocycles. The molecule has 0 fully saturated rings. The summed E-state index contributed by atoms with van der Waals surface area (Å²) in [6.07, 6.45) is -0.611. The Morgan fingerprint density at radius 3 is 2.94 bits per heavy atom. The highest BCUT2D eigenvalue weighted by Gasteiger charge is 2.08. The number of aliphatic hydroxyl groups is 1. The Labute approximate surface area is 108 Å². The van der Waals surface area contributed by atoms with Gasteiger partial charge in [0, 0.05) is 17.1 Å². The zero-order valence-corrected chi connectivity index (χ0v) is 10.2. The lowest BCUT2D eigenvalue weighted by Gasteiger charge is -2.11. The molecule has 1 heterocycles. The molecule has 2 aromatic rings. The molecule has 3 nitrogen and oxygen atoms in total. The Morgan fingerprint density at radius 1 is 1.44 bits per heavy atom. The molecule has 0 radical (unpaired) electrons. The van der Waals surface area contributed by atoms with Crippen LogP contribution in [-0.4, -0.2) is 11.7 Å². The number of rotatable bonds is 4. The van der Waals surface area contributed by atoms with E-state index in [1.165, 1.54) is 29.5 Å². The second-order valence-electron chi connectivity index (χ2n) is 3.72. The van der Waals surface area contributed by atoms with Crippen molar-refractivity contribution in [3.63, 3.8) is 0 Å². The van der Waals surface area contributed by atoms with Crippen LogP contribution in [0.25, 0.3) is 0 Å². The summed E-state index contributed by atoms with van der Waals surface area (Å²) >= 11 is 1.47. The van der Waals surface area contributed by atoms with Crippen LogP contribution in [0, 0.1) is 17.1 Å². The Hall–Kier alpha value is -1.90. The highest BCUT2D eigenvalue weighted by molar-refractivity contribution is 7.10. The largest absolute Gasteiger partial charge is 0.386 e. The van der Waals surface area contributed by atoms with Crippen molar-refractivity contribution in [2.75, 3.05) is 11.9 Å². The number of nitrogens with one attached hydrogen (secondary N) is 1. The van der Waals surface area contributed by atoms with Crippen molar-refractivity contribution in [2.45, 2.75) is 6.10 Å². The summed E-state index contributed by atoms with van der Waals surface area (Å²) < 4.78 is 13.1. The van der Waals surface area contributed by atoms with E-state index >= 15 is 0 Å². The number of hydrogen-bond acceptors (Lipinski definition) is 4. The van der Waals surface area contributed by atoms with Gasteiger partial charge in [0.05, 0.1) is 5.56 Å². The van der Waals surface area contributed by atoms with Crippen LogP contribution in [0.4, 0.5) is 10.1 Å². The first-order valence-corrected chi connectivity index (χ1v) is 6.23. The van der Waals surface area contributed by atoms with Crippen molar-refractivity contribution in [1.29, 1.82) is 5.26 Å². The second kappa shape index (κ2) is 5.63. The fourth-order valence-corrected chi connectivity index (χ4v) is 2.23. The summed E-state index contributed by atoms with van der Waals surface area (Å²) in [5, 5.41) is 23.4. The predicted molar refractivity (Wildman–Crippen MR) is 68.9 cm³/mol. The minimum atomic E-state index is -0.611. The van der Waals surface area contributed by atoms with Gasteiger partial charge in [0.25, 0.3) is 0 Å². The Morgan fingerprint density at radius 2 is 2.28 bits per heavy atom. The fourth-order valence-electron chi connectivity index (χ4n) is 1.52. The van der Waals surface area contributed by atoms with E-state index in [2.05, 4.69) is 5.32 Å². The molecule has 2 rings (SSSR count). The van der Waals surface area contributed by atoms with Crippen LogP contribution in [0.3, 0.4) is 0 Å². The van der Waals surface area contributed by atoms with Crippen molar-refractivity contribution in [3.05, 3.63) is 52.0 Å². The zero-order chi connectivity index (χ0) is 13.0. The molecule has 1 aromatic heterocycles. The molecule has 0 aliphatic carbocycles. The summed E-state index contributed by atoms with van der Waals surface area (Å²) in [6, 6.07) is 9.70. The summed E-state index contributed by atoms with van der Waals surface area (Å²) in [5.41, 5.74) is 0.606. The number of nitriles is 1. The maximum absolute atomic E-state index is 13.1. The standard InChI is InChI=1S/C13H11FN2OS/c14-11-4-3-10(6-9(11)7-15)16-8-12(17)13-2-1-5-18-13/h1-6,12,16-17H,8H2. The maximum atomic E-state index is 13.1. The van der Waals surface area contributed by atoms with E-state index in [4.69, 9.17) is 5.26 Å². The minimum absolute atomic E-state index is 0.00869. The molecule has 0 saturated carbocycles. The molecular weight excluding hydrogens is 251 g/mol. The van der Waals surface area contributed by atoms with Gasteiger partial charge in [0.1, 0.15) is 18.0 Å². The van der Waals surface area contributed by atoms with Crippen LogP contribution >= 0.6 is 11.3 Å². The van der Waals surface area contributed by atoms with Crippen molar-refractivity contribution >= 4 is 17.0 Å². The molecule has 2 N–H and O–H groups in total. The first-order chi connectivity index (χ1) is 8.70. The van der Waals surface area contributed by atoms with Gasteiger partial charge in [-0.1, -0.05) is 6.07 Å². The third kappa shape index (κ3) is 2.86. The quantitative estimate of drug-likeness (QED) is 0.890. The number of hydrogen-bond donors (Lipinski definition) is 2. The highest BCUT2D eigenvalue weighted by Crippen LogP contribution is 2.20. The minimum Gasteiger partial charge on any atom is -0.386 e. The summed E-state index contributed by atoms with van der Waals surface area (Å²) in [5.74, 6) is -0.540. The van der Waals surface area contributed by atoms with Crippen LogP contribution in [0.2, 0.25) is 0 Å². The topological polar surface area (TPSA) is 56.0 Å². The molecule has 0 amide bonds. The molecular formula is C13H11FN2OS. The third-order valence-corrected chi connectivity index (χ3v) is 3.43.